The van der Waals surface area contributed by atoms with Crippen LogP contribution in [-0.2, 0) is 0 Å². The van der Waals surface area contributed by atoms with Crippen LogP contribution in [0.3, 0.4) is 0 Å². The Hall–Kier alpha value is -1.08. The maximum absolute atomic E-state index is 3.68. The average Bonchev–Trinajstić information content (AvgIpc) is 2.15. The number of hydrogen-bond donors (Lipinski definition) is 1. The van der Waals surface area contributed by atoms with Crippen LogP contribution in [0.4, 0.5) is 0 Å². The summed E-state index contributed by atoms with van der Waals surface area (Å²) < 4.78 is 0. The van der Waals surface area contributed by atoms with Crippen LogP contribution < -0.4 is 5.32 Å². The van der Waals surface area contributed by atoms with Crippen molar-refractivity contribution in [1.29, 1.82) is 0 Å². The number of hydrogen-bond acceptors (Lipinski definition) is 1. The normalized spacial score (nSPS) is 12.5. The van der Waals surface area contributed by atoms with Gasteiger partial charge < -0.3 is 5.32 Å². The topological polar surface area (TPSA) is 12.0 Å². The van der Waals surface area contributed by atoms with Crippen molar-refractivity contribution >= 4 is 0 Å². The van der Waals surface area contributed by atoms with Crippen molar-refractivity contribution in [3.05, 3.63) is 48.0 Å². The Balaban J connectivity index is 2.60. The fraction of sp³-hybridized carbons (Fsp3) is 0.333. The quantitative estimate of drug-likeness (QED) is 0.694. The zero-order chi connectivity index (χ0) is 9.68. The summed E-state index contributed by atoms with van der Waals surface area (Å²) in [6, 6.07) is 9.01. The van der Waals surface area contributed by atoms with Gasteiger partial charge >= 0.3 is 0 Å². The third-order valence-corrected chi connectivity index (χ3v) is 2.15. The highest BCUT2D eigenvalue weighted by molar-refractivity contribution is 5.23. The molecule has 0 aromatic heterocycles. The Kier molecular flexibility index (Phi) is 3.71. The van der Waals surface area contributed by atoms with E-state index in [4.69, 9.17) is 0 Å². The van der Waals surface area contributed by atoms with E-state index in [2.05, 4.69) is 50.0 Å². The molecule has 13 heavy (non-hydrogen) atoms. The van der Waals surface area contributed by atoms with Crippen LogP contribution in [0.2, 0.25) is 0 Å². The summed E-state index contributed by atoms with van der Waals surface area (Å²) in [5, 5.41) is 3.35. The lowest BCUT2D eigenvalue weighted by atomic mass is 10.1. The Labute approximate surface area is 80.5 Å². The van der Waals surface area contributed by atoms with Crippen molar-refractivity contribution in [3.8, 4) is 0 Å². The molecule has 0 amide bonds. The standard InChI is InChI=1S/C12H17N/c1-4-9-13-11(3)12-7-5-10(2)6-8-12/h4-8,11,13H,1,9H2,2-3H3. The Morgan fingerprint density at radius 1 is 1.38 bits per heavy atom. The average molecular weight is 175 g/mol. The molecule has 0 fully saturated rings. The van der Waals surface area contributed by atoms with E-state index in [0.717, 1.165) is 6.54 Å². The van der Waals surface area contributed by atoms with Gasteiger partial charge in [0, 0.05) is 12.6 Å². The van der Waals surface area contributed by atoms with Crippen LogP contribution in [0.1, 0.15) is 24.1 Å². The molecule has 0 aliphatic heterocycles. The van der Waals surface area contributed by atoms with E-state index in [1.165, 1.54) is 11.1 Å². The van der Waals surface area contributed by atoms with Gasteiger partial charge in [0.25, 0.3) is 0 Å². The van der Waals surface area contributed by atoms with E-state index in [1.54, 1.807) is 0 Å². The third kappa shape index (κ3) is 3.03. The van der Waals surface area contributed by atoms with Gasteiger partial charge in [-0.05, 0) is 19.4 Å². The van der Waals surface area contributed by atoms with E-state index >= 15 is 0 Å². The van der Waals surface area contributed by atoms with Gasteiger partial charge in [-0.1, -0.05) is 35.9 Å². The zero-order valence-electron chi connectivity index (χ0n) is 8.38. The minimum atomic E-state index is 0.401. The molecule has 1 aromatic carbocycles. The van der Waals surface area contributed by atoms with Crippen LogP contribution >= 0.6 is 0 Å². The van der Waals surface area contributed by atoms with E-state index in [1.807, 2.05) is 6.08 Å². The molecule has 0 aliphatic carbocycles. The van der Waals surface area contributed by atoms with Gasteiger partial charge in [0.2, 0.25) is 0 Å². The monoisotopic (exact) mass is 175 g/mol. The number of aryl methyl sites for hydroxylation is 1. The molecule has 0 bridgehead atoms. The Bertz CT molecular complexity index is 261. The first-order chi connectivity index (χ1) is 6.24. The molecule has 0 aliphatic rings. The molecule has 1 rings (SSSR count). The van der Waals surface area contributed by atoms with Crippen LogP contribution in [0.5, 0.6) is 0 Å². The van der Waals surface area contributed by atoms with Gasteiger partial charge in [-0.15, -0.1) is 6.58 Å². The van der Waals surface area contributed by atoms with E-state index in [0.29, 0.717) is 6.04 Å². The summed E-state index contributed by atoms with van der Waals surface area (Å²) in [6.45, 7) is 8.80. The summed E-state index contributed by atoms with van der Waals surface area (Å²) in [6.07, 6.45) is 1.88. The molecule has 0 radical (unpaired) electrons. The fourth-order valence-electron chi connectivity index (χ4n) is 1.23. The zero-order valence-corrected chi connectivity index (χ0v) is 8.38. The smallest absolute Gasteiger partial charge is 0.0294 e. The van der Waals surface area contributed by atoms with Gasteiger partial charge in [0.05, 0.1) is 0 Å². The highest BCUT2D eigenvalue weighted by Gasteiger charge is 2.01. The molecule has 1 N–H and O–H groups in total. The molecule has 1 heteroatoms. The first-order valence-corrected chi connectivity index (χ1v) is 4.65. The predicted octanol–water partition coefficient (Wildman–Crippen LogP) is 2.83. The number of benzene rings is 1. The molecule has 0 heterocycles. The van der Waals surface area contributed by atoms with Gasteiger partial charge in [0.15, 0.2) is 0 Å². The summed E-state index contributed by atoms with van der Waals surface area (Å²) in [4.78, 5) is 0. The van der Waals surface area contributed by atoms with Crippen molar-refractivity contribution < 1.29 is 0 Å². The number of rotatable bonds is 4. The first kappa shape index (κ1) is 10.0. The molecule has 1 nitrogen and oxygen atoms in total. The van der Waals surface area contributed by atoms with Crippen molar-refractivity contribution in [2.45, 2.75) is 19.9 Å². The van der Waals surface area contributed by atoms with Crippen LogP contribution in [0.15, 0.2) is 36.9 Å². The van der Waals surface area contributed by atoms with E-state index < -0.39 is 0 Å². The molecular weight excluding hydrogens is 158 g/mol. The van der Waals surface area contributed by atoms with Crippen molar-refractivity contribution in [1.82, 2.24) is 5.32 Å². The highest BCUT2D eigenvalue weighted by Crippen LogP contribution is 2.12. The molecule has 0 saturated carbocycles. The lowest BCUT2D eigenvalue weighted by molar-refractivity contribution is 0.617. The maximum atomic E-state index is 3.68. The molecular formula is C12H17N. The summed E-state index contributed by atoms with van der Waals surface area (Å²) >= 11 is 0. The van der Waals surface area contributed by atoms with Gasteiger partial charge in [-0.2, -0.15) is 0 Å². The molecule has 70 valence electrons. The van der Waals surface area contributed by atoms with E-state index in [9.17, 15) is 0 Å². The lowest BCUT2D eigenvalue weighted by Crippen LogP contribution is -2.18. The Morgan fingerprint density at radius 2 is 2.00 bits per heavy atom. The summed E-state index contributed by atoms with van der Waals surface area (Å²) in [5.41, 5.74) is 2.63. The molecule has 1 aromatic rings. The van der Waals surface area contributed by atoms with Gasteiger partial charge in [0.1, 0.15) is 0 Å². The molecule has 1 atom stereocenters. The number of nitrogens with one attached hydrogen (secondary N) is 1. The van der Waals surface area contributed by atoms with Gasteiger partial charge in [-0.25, -0.2) is 0 Å². The largest absolute Gasteiger partial charge is 0.307 e. The Morgan fingerprint density at radius 3 is 2.54 bits per heavy atom. The molecule has 1 unspecified atom stereocenters. The SMILES string of the molecule is C=CCNC(C)c1ccc(C)cc1. The molecule has 0 spiro atoms. The highest BCUT2D eigenvalue weighted by atomic mass is 14.9. The van der Waals surface area contributed by atoms with Crippen molar-refractivity contribution in [2.24, 2.45) is 0 Å². The minimum Gasteiger partial charge on any atom is -0.307 e. The van der Waals surface area contributed by atoms with Crippen LogP contribution in [0, 0.1) is 6.92 Å². The maximum Gasteiger partial charge on any atom is 0.0294 e. The first-order valence-electron chi connectivity index (χ1n) is 4.65. The second-order valence-corrected chi connectivity index (χ2v) is 3.33. The second-order valence-electron chi connectivity index (χ2n) is 3.33. The van der Waals surface area contributed by atoms with Crippen molar-refractivity contribution in [2.75, 3.05) is 6.54 Å². The summed E-state index contributed by atoms with van der Waals surface area (Å²) in [7, 11) is 0. The van der Waals surface area contributed by atoms with Crippen LogP contribution in [0.25, 0.3) is 0 Å². The second kappa shape index (κ2) is 4.83. The fourth-order valence-corrected chi connectivity index (χ4v) is 1.23. The van der Waals surface area contributed by atoms with Crippen LogP contribution in [-0.4, -0.2) is 6.54 Å². The lowest BCUT2D eigenvalue weighted by Gasteiger charge is -2.12. The van der Waals surface area contributed by atoms with E-state index in [-0.39, 0.29) is 0 Å². The van der Waals surface area contributed by atoms with Gasteiger partial charge in [-0.3, -0.25) is 0 Å². The van der Waals surface area contributed by atoms with Crippen molar-refractivity contribution in [3.63, 3.8) is 0 Å². The molecule has 0 saturated heterocycles. The summed E-state index contributed by atoms with van der Waals surface area (Å²) in [5.74, 6) is 0. The predicted molar refractivity (Wildman–Crippen MR) is 57.8 cm³/mol. The minimum absolute atomic E-state index is 0.401. The third-order valence-electron chi connectivity index (χ3n) is 2.15.